The van der Waals surface area contributed by atoms with E-state index in [1.165, 1.54) is 0 Å². The van der Waals surface area contributed by atoms with Crippen molar-refractivity contribution in [3.63, 3.8) is 0 Å². The van der Waals surface area contributed by atoms with Crippen LogP contribution < -0.4 is 11.5 Å². The molecule has 0 saturated heterocycles. The van der Waals surface area contributed by atoms with Crippen LogP contribution in [0.3, 0.4) is 0 Å². The van der Waals surface area contributed by atoms with Gasteiger partial charge in [0.05, 0.1) is 11.1 Å². The molecular formula is C21H26N2O4. The summed E-state index contributed by atoms with van der Waals surface area (Å²) in [7, 11) is 0. The smallest absolute Gasteiger partial charge is 0.341 e. The molecule has 0 amide bonds. The quantitative estimate of drug-likeness (QED) is 0.411. The van der Waals surface area contributed by atoms with Gasteiger partial charge in [0.15, 0.2) is 0 Å². The van der Waals surface area contributed by atoms with E-state index in [1.54, 1.807) is 48.5 Å². The van der Waals surface area contributed by atoms with E-state index in [9.17, 15) is 9.59 Å². The molecule has 2 rings (SSSR count). The third-order valence-corrected chi connectivity index (χ3v) is 4.11. The van der Waals surface area contributed by atoms with Crippen molar-refractivity contribution in [3.05, 3.63) is 59.7 Å². The Kier molecular flexibility index (Phi) is 6.82. The lowest BCUT2D eigenvalue weighted by atomic mass is 10.0. The summed E-state index contributed by atoms with van der Waals surface area (Å²) in [5.74, 6) is -2.43. The minimum Gasteiger partial charge on any atom is -0.419 e. The van der Waals surface area contributed by atoms with Gasteiger partial charge in [-0.25, -0.2) is 9.59 Å². The van der Waals surface area contributed by atoms with Crippen LogP contribution in [0, 0.1) is 0 Å². The van der Waals surface area contributed by atoms with Gasteiger partial charge in [0.25, 0.3) is 5.79 Å². The van der Waals surface area contributed by atoms with Gasteiger partial charge in [-0.3, -0.25) is 0 Å². The Morgan fingerprint density at radius 3 is 1.37 bits per heavy atom. The lowest BCUT2D eigenvalue weighted by Crippen LogP contribution is -2.40. The van der Waals surface area contributed by atoms with Crippen LogP contribution in [-0.2, 0) is 9.47 Å². The van der Waals surface area contributed by atoms with Crippen LogP contribution in [0.2, 0.25) is 0 Å². The fourth-order valence-electron chi connectivity index (χ4n) is 2.81. The van der Waals surface area contributed by atoms with Gasteiger partial charge in [-0.1, -0.05) is 13.8 Å². The summed E-state index contributed by atoms with van der Waals surface area (Å²) < 4.78 is 11.4. The molecule has 2 aromatic rings. The highest BCUT2D eigenvalue weighted by molar-refractivity contribution is 5.91. The predicted molar refractivity (Wildman–Crippen MR) is 105 cm³/mol. The van der Waals surface area contributed by atoms with Gasteiger partial charge >= 0.3 is 11.9 Å². The molecule has 4 N–H and O–H groups in total. The van der Waals surface area contributed by atoms with Crippen molar-refractivity contribution in [3.8, 4) is 0 Å². The molecule has 6 heteroatoms. The van der Waals surface area contributed by atoms with Gasteiger partial charge in [0, 0.05) is 24.2 Å². The van der Waals surface area contributed by atoms with Crippen molar-refractivity contribution in [1.82, 2.24) is 0 Å². The number of rotatable bonds is 8. The molecule has 0 aliphatic heterocycles. The molecule has 144 valence electrons. The Morgan fingerprint density at radius 1 is 0.741 bits per heavy atom. The maximum absolute atomic E-state index is 12.6. The summed E-state index contributed by atoms with van der Waals surface area (Å²) in [6, 6.07) is 12.8. The molecule has 0 aliphatic rings. The van der Waals surface area contributed by atoms with Crippen molar-refractivity contribution in [2.45, 2.75) is 45.3 Å². The zero-order chi connectivity index (χ0) is 19.9. The van der Waals surface area contributed by atoms with Crippen LogP contribution in [-0.4, -0.2) is 17.7 Å². The number of carbonyl (C=O) groups is 2. The standard InChI is InChI=1S/C21H26N2O4/c1-3-13-21(14-4-2,26-19(24)15-5-9-17(22)10-6-15)27-20(25)16-7-11-18(23)12-8-16/h5-12H,3-4,13-14,22-23H2,1-2H3. The summed E-state index contributed by atoms with van der Waals surface area (Å²) >= 11 is 0. The third kappa shape index (κ3) is 5.48. The second-order valence-corrected chi connectivity index (χ2v) is 6.43. The monoisotopic (exact) mass is 370 g/mol. The average molecular weight is 370 g/mol. The molecule has 0 aromatic heterocycles. The first-order valence-corrected chi connectivity index (χ1v) is 9.07. The Labute approximate surface area is 159 Å². The Bertz CT molecular complexity index is 702. The zero-order valence-electron chi connectivity index (χ0n) is 15.7. The number of hydrogen-bond donors (Lipinski definition) is 2. The van der Waals surface area contributed by atoms with Gasteiger partial charge in [0.2, 0.25) is 0 Å². The molecule has 0 saturated carbocycles. The normalized spacial score (nSPS) is 11.0. The van der Waals surface area contributed by atoms with Crippen molar-refractivity contribution >= 4 is 23.3 Å². The van der Waals surface area contributed by atoms with Crippen LogP contribution in [0.25, 0.3) is 0 Å². The number of benzene rings is 2. The summed E-state index contributed by atoms with van der Waals surface area (Å²) in [5, 5.41) is 0. The number of hydrogen-bond acceptors (Lipinski definition) is 6. The van der Waals surface area contributed by atoms with E-state index in [2.05, 4.69) is 0 Å². The van der Waals surface area contributed by atoms with Gasteiger partial charge in [-0.2, -0.15) is 0 Å². The fraction of sp³-hybridized carbons (Fsp3) is 0.333. The molecule has 0 atom stereocenters. The number of anilines is 2. The molecule has 0 spiro atoms. The number of carbonyl (C=O) groups excluding carboxylic acids is 2. The first-order chi connectivity index (χ1) is 12.9. The van der Waals surface area contributed by atoms with Crippen molar-refractivity contribution in [2.24, 2.45) is 0 Å². The summed E-state index contributed by atoms with van der Waals surface area (Å²) in [6.45, 7) is 3.89. The fourth-order valence-corrected chi connectivity index (χ4v) is 2.81. The van der Waals surface area contributed by atoms with Crippen LogP contribution in [0.4, 0.5) is 11.4 Å². The molecule has 6 nitrogen and oxygen atoms in total. The number of nitrogens with two attached hydrogens (primary N) is 2. The molecule has 0 heterocycles. The molecule has 0 bridgehead atoms. The molecule has 0 radical (unpaired) electrons. The predicted octanol–water partition coefficient (Wildman–Crippen LogP) is 4.16. The van der Waals surface area contributed by atoms with Crippen molar-refractivity contribution < 1.29 is 19.1 Å². The van der Waals surface area contributed by atoms with Gasteiger partial charge in [0.1, 0.15) is 0 Å². The van der Waals surface area contributed by atoms with Crippen molar-refractivity contribution in [2.75, 3.05) is 11.5 Å². The van der Waals surface area contributed by atoms with E-state index >= 15 is 0 Å². The molecule has 0 fully saturated rings. The van der Waals surface area contributed by atoms with Crippen LogP contribution >= 0.6 is 0 Å². The molecule has 2 aromatic carbocycles. The Morgan fingerprint density at radius 2 is 1.07 bits per heavy atom. The van der Waals surface area contributed by atoms with E-state index in [1.807, 2.05) is 13.8 Å². The number of nitrogen functional groups attached to an aromatic ring is 2. The topological polar surface area (TPSA) is 105 Å². The zero-order valence-corrected chi connectivity index (χ0v) is 15.7. The highest BCUT2D eigenvalue weighted by Gasteiger charge is 2.37. The summed E-state index contributed by atoms with van der Waals surface area (Å²) in [6.07, 6.45) is 2.18. The molecular weight excluding hydrogens is 344 g/mol. The minimum absolute atomic E-state index is 0.351. The van der Waals surface area contributed by atoms with Gasteiger partial charge in [-0.15, -0.1) is 0 Å². The largest absolute Gasteiger partial charge is 0.419 e. The van der Waals surface area contributed by atoms with Gasteiger partial charge in [-0.05, 0) is 61.4 Å². The van der Waals surface area contributed by atoms with E-state index in [4.69, 9.17) is 20.9 Å². The second-order valence-electron chi connectivity index (χ2n) is 6.43. The highest BCUT2D eigenvalue weighted by atomic mass is 16.7. The third-order valence-electron chi connectivity index (χ3n) is 4.11. The molecule has 0 unspecified atom stereocenters. The second kappa shape index (κ2) is 9.07. The number of esters is 2. The maximum Gasteiger partial charge on any atom is 0.341 e. The van der Waals surface area contributed by atoms with E-state index in [0.717, 1.165) is 0 Å². The highest BCUT2D eigenvalue weighted by Crippen LogP contribution is 2.29. The van der Waals surface area contributed by atoms with Crippen LogP contribution in [0.5, 0.6) is 0 Å². The summed E-state index contributed by atoms with van der Waals surface area (Å²) in [4.78, 5) is 25.2. The SMILES string of the molecule is CCCC(CCC)(OC(=O)c1ccc(N)cc1)OC(=O)c1ccc(N)cc1. The first-order valence-electron chi connectivity index (χ1n) is 9.07. The molecule has 27 heavy (non-hydrogen) atoms. The number of ether oxygens (including phenoxy) is 2. The van der Waals surface area contributed by atoms with E-state index in [-0.39, 0.29) is 0 Å². The van der Waals surface area contributed by atoms with Crippen LogP contribution in [0.1, 0.15) is 60.2 Å². The Balaban J connectivity index is 2.24. The minimum atomic E-state index is -1.32. The molecule has 0 aliphatic carbocycles. The summed E-state index contributed by atoms with van der Waals surface area (Å²) in [5.41, 5.74) is 13.1. The van der Waals surface area contributed by atoms with Gasteiger partial charge < -0.3 is 20.9 Å². The average Bonchev–Trinajstić information content (AvgIpc) is 2.63. The lowest BCUT2D eigenvalue weighted by Gasteiger charge is -2.32. The van der Waals surface area contributed by atoms with E-state index in [0.29, 0.717) is 48.2 Å². The van der Waals surface area contributed by atoms with Crippen molar-refractivity contribution in [1.29, 1.82) is 0 Å². The lowest BCUT2D eigenvalue weighted by molar-refractivity contribution is -0.177. The Hall–Kier alpha value is -3.02. The first kappa shape index (κ1) is 20.3. The van der Waals surface area contributed by atoms with E-state index < -0.39 is 17.7 Å². The van der Waals surface area contributed by atoms with Crippen LogP contribution in [0.15, 0.2) is 48.5 Å². The maximum atomic E-state index is 12.6.